The van der Waals surface area contributed by atoms with Crippen molar-refractivity contribution in [3.8, 4) is 0 Å². The Labute approximate surface area is 135 Å². The molecule has 3 nitrogen and oxygen atoms in total. The molecule has 0 aromatic carbocycles. The molecule has 0 atom stereocenters. The number of guanidine groups is 1. The van der Waals surface area contributed by atoms with Gasteiger partial charge in [0.1, 0.15) is 0 Å². The van der Waals surface area contributed by atoms with Crippen LogP contribution in [0.2, 0.25) is 0 Å². The van der Waals surface area contributed by atoms with Crippen LogP contribution < -0.4 is 11.1 Å². The van der Waals surface area contributed by atoms with Crippen LogP contribution in [0.15, 0.2) is 4.99 Å². The summed E-state index contributed by atoms with van der Waals surface area (Å²) in [6.45, 7) is 3.25. The first kappa shape index (κ1) is 17.1. The van der Waals surface area contributed by atoms with Crippen molar-refractivity contribution in [3.05, 3.63) is 0 Å². The lowest BCUT2D eigenvalue weighted by molar-refractivity contribution is 0.350. The van der Waals surface area contributed by atoms with E-state index in [2.05, 4.69) is 17.2 Å². The van der Waals surface area contributed by atoms with Crippen molar-refractivity contribution in [2.24, 2.45) is 16.1 Å². The zero-order valence-corrected chi connectivity index (χ0v) is 14.6. The third-order valence-corrected chi connectivity index (χ3v) is 4.65. The van der Waals surface area contributed by atoms with Gasteiger partial charge in [0, 0.05) is 12.6 Å². The molecule has 2 rings (SSSR count). The van der Waals surface area contributed by atoms with Gasteiger partial charge in [0.05, 0.1) is 0 Å². The maximum Gasteiger partial charge on any atom is 0.188 e. The van der Waals surface area contributed by atoms with Crippen LogP contribution in [0.25, 0.3) is 0 Å². The zero-order valence-electron chi connectivity index (χ0n) is 12.3. The Morgan fingerprint density at radius 1 is 1.11 bits per heavy atom. The molecule has 2 aliphatic carbocycles. The highest BCUT2D eigenvalue weighted by Crippen LogP contribution is 2.37. The summed E-state index contributed by atoms with van der Waals surface area (Å²) in [5.74, 6) is 0.676. The minimum Gasteiger partial charge on any atom is -0.370 e. The van der Waals surface area contributed by atoms with Crippen molar-refractivity contribution in [1.29, 1.82) is 0 Å². The van der Waals surface area contributed by atoms with Crippen molar-refractivity contribution >= 4 is 29.9 Å². The van der Waals surface area contributed by atoms with Gasteiger partial charge in [-0.1, -0.05) is 45.4 Å². The number of hydrogen-bond donors (Lipinski definition) is 2. The van der Waals surface area contributed by atoms with Crippen molar-refractivity contribution in [3.63, 3.8) is 0 Å². The number of hydrogen-bond acceptors (Lipinski definition) is 1. The molecule has 2 saturated carbocycles. The molecular weight excluding hydrogens is 349 g/mol. The van der Waals surface area contributed by atoms with Crippen molar-refractivity contribution < 1.29 is 0 Å². The average molecular weight is 379 g/mol. The summed E-state index contributed by atoms with van der Waals surface area (Å²) in [5, 5.41) is 3.43. The maximum atomic E-state index is 6.03. The molecule has 2 fully saturated rings. The molecule has 0 aliphatic heterocycles. The SMILES string of the molecule is CC1(CN=C(N)NC2CCCCCC2)CCCC1.I. The van der Waals surface area contributed by atoms with Crippen LogP contribution in [0.5, 0.6) is 0 Å². The minimum atomic E-state index is 0. The molecule has 2 aliphatic rings. The lowest BCUT2D eigenvalue weighted by atomic mass is 9.89. The van der Waals surface area contributed by atoms with Gasteiger partial charge in [0.25, 0.3) is 0 Å². The molecule has 0 amide bonds. The van der Waals surface area contributed by atoms with Crippen LogP contribution in [0.1, 0.15) is 71.1 Å². The zero-order chi connectivity index (χ0) is 12.8. The van der Waals surface area contributed by atoms with E-state index in [9.17, 15) is 0 Å². The third kappa shape index (κ3) is 5.88. The summed E-state index contributed by atoms with van der Waals surface area (Å²) in [6, 6.07) is 0.563. The fourth-order valence-electron chi connectivity index (χ4n) is 3.34. The summed E-state index contributed by atoms with van der Waals surface area (Å²) in [7, 11) is 0. The van der Waals surface area contributed by atoms with Gasteiger partial charge in [0.2, 0.25) is 0 Å². The molecule has 0 heterocycles. The van der Waals surface area contributed by atoms with E-state index in [-0.39, 0.29) is 24.0 Å². The Kier molecular flexibility index (Phi) is 7.47. The second-order valence-corrected chi connectivity index (χ2v) is 6.55. The molecule has 0 unspecified atom stereocenters. The summed E-state index contributed by atoms with van der Waals surface area (Å²) in [4.78, 5) is 4.59. The largest absolute Gasteiger partial charge is 0.370 e. The Morgan fingerprint density at radius 2 is 1.68 bits per heavy atom. The smallest absolute Gasteiger partial charge is 0.188 e. The van der Waals surface area contributed by atoms with E-state index in [4.69, 9.17) is 5.73 Å². The normalized spacial score (nSPS) is 24.6. The fraction of sp³-hybridized carbons (Fsp3) is 0.933. The first-order chi connectivity index (χ1) is 8.68. The monoisotopic (exact) mass is 379 g/mol. The lowest BCUT2D eigenvalue weighted by Gasteiger charge is -2.22. The highest BCUT2D eigenvalue weighted by Gasteiger charge is 2.28. The van der Waals surface area contributed by atoms with E-state index in [1.807, 2.05) is 0 Å². The van der Waals surface area contributed by atoms with Crippen molar-refractivity contribution in [2.75, 3.05) is 6.54 Å². The van der Waals surface area contributed by atoms with E-state index in [0.717, 1.165) is 6.54 Å². The maximum absolute atomic E-state index is 6.03. The molecule has 4 heteroatoms. The Morgan fingerprint density at radius 3 is 2.26 bits per heavy atom. The predicted molar refractivity (Wildman–Crippen MR) is 93.1 cm³/mol. The Hall–Kier alpha value is 0. The molecule has 0 radical (unpaired) electrons. The number of nitrogens with zero attached hydrogens (tertiary/aromatic N) is 1. The van der Waals surface area contributed by atoms with Crippen LogP contribution in [0.3, 0.4) is 0 Å². The van der Waals surface area contributed by atoms with Gasteiger partial charge < -0.3 is 11.1 Å². The van der Waals surface area contributed by atoms with Gasteiger partial charge in [-0.2, -0.15) is 0 Å². The number of aliphatic imine (C=N–C) groups is 1. The van der Waals surface area contributed by atoms with Gasteiger partial charge in [-0.25, -0.2) is 0 Å². The highest BCUT2D eigenvalue weighted by molar-refractivity contribution is 14.0. The van der Waals surface area contributed by atoms with Crippen LogP contribution >= 0.6 is 24.0 Å². The summed E-state index contributed by atoms with van der Waals surface area (Å²) < 4.78 is 0. The van der Waals surface area contributed by atoms with E-state index in [1.165, 1.54) is 64.2 Å². The molecular formula is C15H30IN3. The molecule has 19 heavy (non-hydrogen) atoms. The van der Waals surface area contributed by atoms with Crippen molar-refractivity contribution in [2.45, 2.75) is 77.2 Å². The summed E-state index contributed by atoms with van der Waals surface area (Å²) in [5.41, 5.74) is 6.44. The lowest BCUT2D eigenvalue weighted by Crippen LogP contribution is -2.40. The average Bonchev–Trinajstić information content (AvgIpc) is 2.62. The molecule has 0 aromatic rings. The molecule has 0 aromatic heterocycles. The van der Waals surface area contributed by atoms with Gasteiger partial charge in [-0.05, 0) is 31.1 Å². The summed E-state index contributed by atoms with van der Waals surface area (Å²) >= 11 is 0. The van der Waals surface area contributed by atoms with E-state index >= 15 is 0 Å². The topological polar surface area (TPSA) is 50.4 Å². The standard InChI is InChI=1S/C15H29N3.HI/c1-15(10-6-7-11-15)12-17-14(16)18-13-8-4-2-3-5-9-13;/h13H,2-12H2,1H3,(H3,16,17,18);1H. The number of halogens is 1. The van der Waals surface area contributed by atoms with E-state index in [0.29, 0.717) is 17.4 Å². The second-order valence-electron chi connectivity index (χ2n) is 6.55. The Balaban J connectivity index is 0.00000180. The van der Waals surface area contributed by atoms with E-state index in [1.54, 1.807) is 0 Å². The van der Waals surface area contributed by atoms with Gasteiger partial charge in [-0.15, -0.1) is 24.0 Å². The Bertz CT molecular complexity index is 277. The molecule has 0 spiro atoms. The number of nitrogens with one attached hydrogen (secondary N) is 1. The quantitative estimate of drug-likeness (QED) is 0.339. The van der Waals surface area contributed by atoms with Crippen LogP contribution in [-0.4, -0.2) is 18.5 Å². The number of rotatable bonds is 3. The molecule has 112 valence electrons. The third-order valence-electron chi connectivity index (χ3n) is 4.65. The van der Waals surface area contributed by atoms with Gasteiger partial charge >= 0.3 is 0 Å². The number of nitrogens with two attached hydrogens (primary N) is 1. The molecule has 3 N–H and O–H groups in total. The minimum absolute atomic E-state index is 0. The van der Waals surface area contributed by atoms with E-state index < -0.39 is 0 Å². The first-order valence-electron chi connectivity index (χ1n) is 7.74. The second kappa shape index (κ2) is 8.32. The van der Waals surface area contributed by atoms with Crippen LogP contribution in [-0.2, 0) is 0 Å². The predicted octanol–water partition coefficient (Wildman–Crippen LogP) is 3.81. The van der Waals surface area contributed by atoms with Crippen LogP contribution in [0.4, 0.5) is 0 Å². The highest BCUT2D eigenvalue weighted by atomic mass is 127. The molecule has 0 saturated heterocycles. The van der Waals surface area contributed by atoms with Gasteiger partial charge in [-0.3, -0.25) is 4.99 Å². The fourth-order valence-corrected chi connectivity index (χ4v) is 3.34. The van der Waals surface area contributed by atoms with Crippen molar-refractivity contribution in [1.82, 2.24) is 5.32 Å². The molecule has 0 bridgehead atoms. The summed E-state index contributed by atoms with van der Waals surface area (Å²) in [6.07, 6.45) is 13.3. The first-order valence-corrected chi connectivity index (χ1v) is 7.74. The van der Waals surface area contributed by atoms with Crippen LogP contribution in [0, 0.1) is 5.41 Å². The van der Waals surface area contributed by atoms with Gasteiger partial charge in [0.15, 0.2) is 5.96 Å².